The van der Waals surface area contributed by atoms with Gasteiger partial charge in [-0.3, -0.25) is 14.5 Å². The fourth-order valence-electron chi connectivity index (χ4n) is 3.90. The van der Waals surface area contributed by atoms with Crippen LogP contribution < -0.4 is 9.64 Å². The van der Waals surface area contributed by atoms with Crippen molar-refractivity contribution in [3.63, 3.8) is 0 Å². The normalized spacial score (nSPS) is 16.3. The van der Waals surface area contributed by atoms with Crippen molar-refractivity contribution in [3.05, 3.63) is 72.0 Å². The highest BCUT2D eigenvalue weighted by molar-refractivity contribution is 6.10. The van der Waals surface area contributed by atoms with Crippen molar-refractivity contribution in [1.29, 1.82) is 0 Å². The van der Waals surface area contributed by atoms with Crippen LogP contribution in [0.15, 0.2) is 66.4 Å². The van der Waals surface area contributed by atoms with E-state index in [0.717, 1.165) is 31.5 Å². The van der Waals surface area contributed by atoms with Gasteiger partial charge in [0, 0.05) is 31.4 Å². The van der Waals surface area contributed by atoms with Crippen LogP contribution in [0.3, 0.4) is 0 Å². The molecule has 0 N–H and O–H groups in total. The van der Waals surface area contributed by atoms with Crippen LogP contribution in [0.25, 0.3) is 0 Å². The molecule has 6 heteroatoms. The van der Waals surface area contributed by atoms with Gasteiger partial charge in [-0.15, -0.1) is 0 Å². The van der Waals surface area contributed by atoms with E-state index < -0.39 is 0 Å². The Morgan fingerprint density at radius 2 is 1.94 bits per heavy atom. The summed E-state index contributed by atoms with van der Waals surface area (Å²) in [4.78, 5) is 30.1. The number of carbonyl (C=O) groups is 2. The van der Waals surface area contributed by atoms with Gasteiger partial charge < -0.3 is 14.4 Å². The second kappa shape index (κ2) is 12.2. The minimum atomic E-state index is -0.273. The molecule has 6 nitrogen and oxygen atoms in total. The minimum Gasteiger partial charge on any atom is -0.497 e. The van der Waals surface area contributed by atoms with Crippen LogP contribution in [0, 0.1) is 0 Å². The van der Waals surface area contributed by atoms with Gasteiger partial charge in [0.05, 0.1) is 13.5 Å². The number of Topliss-reactive ketones (excluding diaryl/α,β-unsaturated/α-hetero) is 1. The number of hydrogen-bond acceptors (Lipinski definition) is 5. The number of ketones is 1. The van der Waals surface area contributed by atoms with Crippen LogP contribution in [0.2, 0.25) is 0 Å². The lowest BCUT2D eigenvalue weighted by Gasteiger charge is -2.24. The fourth-order valence-corrected chi connectivity index (χ4v) is 3.90. The molecule has 0 radical (unpaired) electrons. The standard InChI is InChI=1S/C27H34N2O4/c1-4-23-20-28(2)17-15-26(33-23)25(30)19-27(31)29(22-13-8-14-24(18-22)32-3)16-9-12-21-10-6-5-7-11-21/h5-8,10-11,13-15,18,23H,4,9,12,16-17,19-20H2,1-3H3. The topological polar surface area (TPSA) is 59.1 Å². The molecule has 1 aliphatic heterocycles. The maximum Gasteiger partial charge on any atom is 0.234 e. The predicted octanol–water partition coefficient (Wildman–Crippen LogP) is 4.24. The van der Waals surface area contributed by atoms with Gasteiger partial charge in [-0.2, -0.15) is 0 Å². The highest BCUT2D eigenvalue weighted by Gasteiger charge is 2.25. The third-order valence-electron chi connectivity index (χ3n) is 5.80. The Kier molecular flexibility index (Phi) is 9.07. The van der Waals surface area contributed by atoms with Crippen LogP contribution in [-0.4, -0.2) is 56.5 Å². The van der Waals surface area contributed by atoms with E-state index >= 15 is 0 Å². The first-order valence-corrected chi connectivity index (χ1v) is 11.6. The van der Waals surface area contributed by atoms with E-state index in [1.807, 2.05) is 56.4 Å². The third-order valence-corrected chi connectivity index (χ3v) is 5.80. The van der Waals surface area contributed by atoms with Crippen molar-refractivity contribution in [2.45, 2.75) is 38.7 Å². The zero-order valence-corrected chi connectivity index (χ0v) is 19.8. The van der Waals surface area contributed by atoms with E-state index in [1.165, 1.54) is 5.56 Å². The molecule has 0 saturated heterocycles. The number of aryl methyl sites for hydroxylation is 1. The van der Waals surface area contributed by atoms with E-state index in [4.69, 9.17) is 9.47 Å². The molecule has 0 aromatic heterocycles. The highest BCUT2D eigenvalue weighted by atomic mass is 16.5. The SMILES string of the molecule is CCC1CN(C)CC=C(C(=O)CC(=O)N(CCCc2ccccc2)c2cccc(OC)c2)O1. The molecule has 0 saturated carbocycles. The van der Waals surface area contributed by atoms with Gasteiger partial charge >= 0.3 is 0 Å². The molecule has 1 atom stereocenters. The fraction of sp³-hybridized carbons (Fsp3) is 0.407. The van der Waals surface area contributed by atoms with E-state index in [0.29, 0.717) is 24.6 Å². The lowest BCUT2D eigenvalue weighted by molar-refractivity contribution is -0.127. The van der Waals surface area contributed by atoms with Gasteiger partial charge in [-0.05, 0) is 50.1 Å². The minimum absolute atomic E-state index is 0.0526. The smallest absolute Gasteiger partial charge is 0.234 e. The molecule has 33 heavy (non-hydrogen) atoms. The number of likely N-dealkylation sites (N-methyl/N-ethyl adjacent to an activating group) is 1. The molecule has 2 aromatic carbocycles. The molecule has 1 heterocycles. The first-order chi connectivity index (χ1) is 16.0. The Bertz CT molecular complexity index is 958. The zero-order chi connectivity index (χ0) is 23.6. The van der Waals surface area contributed by atoms with Crippen LogP contribution in [-0.2, 0) is 20.7 Å². The van der Waals surface area contributed by atoms with Gasteiger partial charge in [0.1, 0.15) is 11.9 Å². The molecular weight excluding hydrogens is 416 g/mol. The summed E-state index contributed by atoms with van der Waals surface area (Å²) in [5.41, 5.74) is 1.94. The maximum atomic E-state index is 13.3. The second-order valence-corrected chi connectivity index (χ2v) is 8.37. The van der Waals surface area contributed by atoms with Gasteiger partial charge in [0.25, 0.3) is 0 Å². The summed E-state index contributed by atoms with van der Waals surface area (Å²) in [6.45, 7) is 3.93. The molecule has 1 unspecified atom stereocenters. The summed E-state index contributed by atoms with van der Waals surface area (Å²) >= 11 is 0. The highest BCUT2D eigenvalue weighted by Crippen LogP contribution is 2.23. The number of nitrogens with zero attached hydrogens (tertiary/aromatic N) is 2. The van der Waals surface area contributed by atoms with Crippen molar-refractivity contribution in [2.75, 3.05) is 38.7 Å². The Hall–Kier alpha value is -3.12. The number of ether oxygens (including phenoxy) is 2. The van der Waals surface area contributed by atoms with Gasteiger partial charge in [-0.25, -0.2) is 0 Å². The molecule has 1 aliphatic rings. The number of rotatable bonds is 10. The average Bonchev–Trinajstić information content (AvgIpc) is 3.03. The van der Waals surface area contributed by atoms with Crippen molar-refractivity contribution >= 4 is 17.4 Å². The van der Waals surface area contributed by atoms with E-state index in [1.54, 1.807) is 18.1 Å². The van der Waals surface area contributed by atoms with Crippen molar-refractivity contribution < 1.29 is 19.1 Å². The van der Waals surface area contributed by atoms with E-state index in [-0.39, 0.29) is 24.2 Å². The van der Waals surface area contributed by atoms with Crippen LogP contribution in [0.5, 0.6) is 5.75 Å². The summed E-state index contributed by atoms with van der Waals surface area (Å²) in [6.07, 6.45) is 3.94. The zero-order valence-electron chi connectivity index (χ0n) is 19.8. The Morgan fingerprint density at radius 3 is 2.67 bits per heavy atom. The molecule has 1 amide bonds. The third kappa shape index (κ3) is 7.19. The molecular formula is C27H34N2O4. The summed E-state index contributed by atoms with van der Waals surface area (Å²) in [5.74, 6) is 0.457. The van der Waals surface area contributed by atoms with Crippen LogP contribution in [0.1, 0.15) is 31.7 Å². The quantitative estimate of drug-likeness (QED) is 0.507. The first kappa shape index (κ1) is 24.5. The largest absolute Gasteiger partial charge is 0.497 e. The molecule has 0 spiro atoms. The number of benzene rings is 2. The molecule has 0 fully saturated rings. The van der Waals surface area contributed by atoms with E-state index in [2.05, 4.69) is 17.0 Å². The molecule has 3 rings (SSSR count). The monoisotopic (exact) mass is 450 g/mol. The van der Waals surface area contributed by atoms with Crippen molar-refractivity contribution in [3.8, 4) is 5.75 Å². The molecule has 0 bridgehead atoms. The number of anilines is 1. The predicted molar refractivity (Wildman–Crippen MR) is 130 cm³/mol. The van der Waals surface area contributed by atoms with Gasteiger partial charge in [0.2, 0.25) is 11.7 Å². The second-order valence-electron chi connectivity index (χ2n) is 8.37. The average molecular weight is 451 g/mol. The van der Waals surface area contributed by atoms with Crippen molar-refractivity contribution in [2.24, 2.45) is 0 Å². The Morgan fingerprint density at radius 1 is 1.15 bits per heavy atom. The van der Waals surface area contributed by atoms with Gasteiger partial charge in [-0.1, -0.05) is 43.3 Å². The summed E-state index contributed by atoms with van der Waals surface area (Å²) in [5, 5.41) is 0. The Balaban J connectivity index is 1.72. The lowest BCUT2D eigenvalue weighted by atomic mass is 10.1. The van der Waals surface area contributed by atoms with Crippen LogP contribution in [0.4, 0.5) is 5.69 Å². The Labute approximate surface area is 196 Å². The van der Waals surface area contributed by atoms with Gasteiger partial charge in [0.15, 0.2) is 5.76 Å². The molecule has 2 aromatic rings. The number of allylic oxidation sites excluding steroid dienone is 1. The first-order valence-electron chi connectivity index (χ1n) is 11.6. The van der Waals surface area contributed by atoms with Crippen molar-refractivity contribution in [1.82, 2.24) is 4.90 Å². The molecule has 0 aliphatic carbocycles. The number of methoxy groups -OCH3 is 1. The molecule has 176 valence electrons. The lowest BCUT2D eigenvalue weighted by Crippen LogP contribution is -2.34. The number of amides is 1. The number of hydrogen-bond donors (Lipinski definition) is 0. The number of carbonyl (C=O) groups excluding carboxylic acids is 2. The summed E-state index contributed by atoms with van der Waals surface area (Å²) in [6, 6.07) is 17.6. The van der Waals surface area contributed by atoms with E-state index in [9.17, 15) is 9.59 Å². The van der Waals surface area contributed by atoms with Crippen LogP contribution >= 0.6 is 0 Å². The summed E-state index contributed by atoms with van der Waals surface area (Å²) < 4.78 is 11.3. The maximum absolute atomic E-state index is 13.3. The summed E-state index contributed by atoms with van der Waals surface area (Å²) in [7, 11) is 3.60.